The third kappa shape index (κ3) is 4.31. The van der Waals surface area contributed by atoms with Crippen molar-refractivity contribution < 1.29 is 34.4 Å². The molecule has 180 valence electrons. The number of aliphatic carboxylic acids is 1. The number of ether oxygens (including phenoxy) is 1. The highest BCUT2D eigenvalue weighted by molar-refractivity contribution is 9.10. The van der Waals surface area contributed by atoms with Gasteiger partial charge >= 0.3 is 5.97 Å². The van der Waals surface area contributed by atoms with Gasteiger partial charge < -0.3 is 20.1 Å². The van der Waals surface area contributed by atoms with Crippen LogP contribution in [0.1, 0.15) is 63.5 Å². The number of carbonyl (C=O) groups is 3. The van der Waals surface area contributed by atoms with Gasteiger partial charge in [0.25, 0.3) is 0 Å². The third-order valence-corrected chi connectivity index (χ3v) is 8.05. The maximum atomic E-state index is 13.4. The molecule has 0 spiro atoms. The van der Waals surface area contributed by atoms with E-state index in [1.807, 2.05) is 6.92 Å². The summed E-state index contributed by atoms with van der Waals surface area (Å²) in [7, 11) is 0. The van der Waals surface area contributed by atoms with E-state index in [9.17, 15) is 24.6 Å². The highest BCUT2D eigenvalue weighted by Crippen LogP contribution is 2.59. The predicted octanol–water partition coefficient (Wildman–Crippen LogP) is 3.60. The summed E-state index contributed by atoms with van der Waals surface area (Å²) in [6, 6.07) is 5.03. The highest BCUT2D eigenvalue weighted by atomic mass is 79.9. The average molecular weight is 524 g/mol. The van der Waals surface area contributed by atoms with E-state index < -0.39 is 35.6 Å². The van der Waals surface area contributed by atoms with E-state index in [1.54, 1.807) is 18.2 Å². The summed E-state index contributed by atoms with van der Waals surface area (Å²) in [5, 5.41) is 30.8. The van der Waals surface area contributed by atoms with Gasteiger partial charge in [-0.2, -0.15) is 0 Å². The van der Waals surface area contributed by atoms with Crippen molar-refractivity contribution in [2.45, 2.75) is 63.8 Å². The van der Waals surface area contributed by atoms with Gasteiger partial charge in [0.05, 0.1) is 17.9 Å². The largest absolute Gasteiger partial charge is 0.508 e. The molecule has 33 heavy (non-hydrogen) atoms. The molecule has 3 aliphatic rings. The number of hydrogen-bond acceptors (Lipinski definition) is 6. The Kier molecular flexibility index (Phi) is 6.85. The van der Waals surface area contributed by atoms with E-state index in [4.69, 9.17) is 9.84 Å². The molecular formula is C24H30BrNO7. The van der Waals surface area contributed by atoms with Crippen molar-refractivity contribution in [2.24, 2.45) is 23.7 Å². The summed E-state index contributed by atoms with van der Waals surface area (Å²) >= 11 is 3.41. The Hall–Kier alpha value is -1.97. The maximum absolute atomic E-state index is 13.4. The molecule has 0 bridgehead atoms. The number of fused-ring (bicyclic) bond motifs is 3. The second kappa shape index (κ2) is 9.35. The van der Waals surface area contributed by atoms with Crippen LogP contribution in [0.2, 0.25) is 0 Å². The number of halogens is 1. The zero-order valence-electron chi connectivity index (χ0n) is 18.6. The first-order chi connectivity index (χ1) is 15.7. The molecule has 0 unspecified atom stereocenters. The second-order valence-corrected chi connectivity index (χ2v) is 10.3. The van der Waals surface area contributed by atoms with Crippen molar-refractivity contribution >= 4 is 33.7 Å². The first-order valence-electron chi connectivity index (χ1n) is 11.6. The number of carboxylic acid groups (broad SMARTS) is 1. The SMILES string of the molecule is CC[C@H]1C[C@@H]2C(=O)N(CCCCCC(=O)O)C(=O)[C@@H]2[C@@H]2C[C@@H](c3cc(Br)ccc3O)O[C@]12O. The van der Waals surface area contributed by atoms with E-state index in [0.29, 0.717) is 44.1 Å². The predicted molar refractivity (Wildman–Crippen MR) is 121 cm³/mol. The lowest BCUT2D eigenvalue weighted by Crippen LogP contribution is -2.53. The number of amides is 2. The lowest BCUT2D eigenvalue weighted by Gasteiger charge is -2.44. The topological polar surface area (TPSA) is 124 Å². The van der Waals surface area contributed by atoms with Crippen molar-refractivity contribution in [3.05, 3.63) is 28.2 Å². The minimum atomic E-state index is -1.54. The van der Waals surface area contributed by atoms with Gasteiger partial charge in [0.1, 0.15) is 5.75 Å². The number of aliphatic hydroxyl groups is 1. The van der Waals surface area contributed by atoms with Crippen LogP contribution in [0.4, 0.5) is 0 Å². The molecule has 1 aromatic carbocycles. The molecule has 2 heterocycles. The molecule has 2 saturated heterocycles. The van der Waals surface area contributed by atoms with Crippen molar-refractivity contribution in [2.75, 3.05) is 6.54 Å². The Balaban J connectivity index is 1.55. The summed E-state index contributed by atoms with van der Waals surface area (Å²) in [6.07, 6.45) is 2.49. The van der Waals surface area contributed by atoms with Gasteiger partial charge in [0.15, 0.2) is 5.79 Å². The van der Waals surface area contributed by atoms with E-state index in [1.165, 1.54) is 4.90 Å². The minimum Gasteiger partial charge on any atom is -0.508 e. The average Bonchev–Trinajstić information content (AvgIpc) is 3.23. The normalized spacial score (nSPS) is 33.3. The molecule has 9 heteroatoms. The molecule has 6 atom stereocenters. The van der Waals surface area contributed by atoms with Crippen LogP contribution < -0.4 is 0 Å². The molecule has 3 fully saturated rings. The quantitative estimate of drug-likeness (QED) is 0.351. The van der Waals surface area contributed by atoms with E-state index in [-0.39, 0.29) is 36.4 Å². The van der Waals surface area contributed by atoms with Crippen LogP contribution in [0, 0.1) is 23.7 Å². The number of phenols is 1. The molecule has 1 aliphatic carbocycles. The fraction of sp³-hybridized carbons (Fsp3) is 0.625. The fourth-order valence-electron chi connectivity index (χ4n) is 5.93. The van der Waals surface area contributed by atoms with Crippen molar-refractivity contribution in [1.29, 1.82) is 0 Å². The minimum absolute atomic E-state index is 0.0619. The van der Waals surface area contributed by atoms with Gasteiger partial charge in [0.2, 0.25) is 11.8 Å². The second-order valence-electron chi connectivity index (χ2n) is 9.41. The maximum Gasteiger partial charge on any atom is 0.303 e. The smallest absolute Gasteiger partial charge is 0.303 e. The third-order valence-electron chi connectivity index (χ3n) is 7.56. The number of nitrogens with zero attached hydrogens (tertiary/aromatic N) is 1. The van der Waals surface area contributed by atoms with Crippen LogP contribution in [0.25, 0.3) is 0 Å². The van der Waals surface area contributed by atoms with Gasteiger partial charge in [-0.05, 0) is 50.3 Å². The Labute approximate surface area is 201 Å². The van der Waals surface area contributed by atoms with Gasteiger partial charge in [-0.1, -0.05) is 29.3 Å². The summed E-state index contributed by atoms with van der Waals surface area (Å²) in [5.41, 5.74) is 0.547. The van der Waals surface area contributed by atoms with Gasteiger partial charge in [-0.25, -0.2) is 0 Å². The van der Waals surface area contributed by atoms with Gasteiger partial charge in [-0.15, -0.1) is 0 Å². The number of rotatable bonds is 8. The summed E-state index contributed by atoms with van der Waals surface area (Å²) < 4.78 is 6.95. The van der Waals surface area contributed by atoms with Crippen molar-refractivity contribution in [1.82, 2.24) is 4.90 Å². The number of carboxylic acids is 1. The zero-order valence-corrected chi connectivity index (χ0v) is 20.2. The molecule has 1 aromatic rings. The molecular weight excluding hydrogens is 494 g/mol. The monoisotopic (exact) mass is 523 g/mol. The van der Waals surface area contributed by atoms with Crippen LogP contribution in [0.15, 0.2) is 22.7 Å². The Bertz CT molecular complexity index is 953. The molecule has 2 amide bonds. The Morgan fingerprint density at radius 1 is 1.21 bits per heavy atom. The van der Waals surface area contributed by atoms with Crippen LogP contribution in [0.3, 0.4) is 0 Å². The van der Waals surface area contributed by atoms with Crippen molar-refractivity contribution in [3.8, 4) is 5.75 Å². The number of aromatic hydroxyl groups is 1. The summed E-state index contributed by atoms with van der Waals surface area (Å²) in [5.74, 6) is -4.77. The number of imide groups is 1. The highest BCUT2D eigenvalue weighted by Gasteiger charge is 2.66. The lowest BCUT2D eigenvalue weighted by atomic mass is 9.64. The number of benzene rings is 1. The fourth-order valence-corrected chi connectivity index (χ4v) is 6.31. The summed E-state index contributed by atoms with van der Waals surface area (Å²) in [6.45, 7) is 2.21. The molecule has 0 aromatic heterocycles. The Morgan fingerprint density at radius 3 is 2.67 bits per heavy atom. The van der Waals surface area contributed by atoms with E-state index in [2.05, 4.69) is 15.9 Å². The number of likely N-dealkylation sites (tertiary alicyclic amines) is 1. The van der Waals surface area contributed by atoms with Crippen molar-refractivity contribution in [3.63, 3.8) is 0 Å². The van der Waals surface area contributed by atoms with Crippen LogP contribution >= 0.6 is 15.9 Å². The first-order valence-corrected chi connectivity index (χ1v) is 12.4. The zero-order chi connectivity index (χ0) is 23.9. The van der Waals surface area contributed by atoms with Gasteiger partial charge in [0, 0.05) is 34.8 Å². The van der Waals surface area contributed by atoms with E-state index in [0.717, 1.165) is 4.47 Å². The number of unbranched alkanes of at least 4 members (excludes halogenated alkanes) is 2. The number of hydrogen-bond donors (Lipinski definition) is 3. The first kappa shape index (κ1) is 24.2. The Morgan fingerprint density at radius 2 is 1.97 bits per heavy atom. The molecule has 4 rings (SSSR count). The number of carbonyl (C=O) groups excluding carboxylic acids is 2. The number of phenolic OH excluding ortho intramolecular Hbond substituents is 1. The van der Waals surface area contributed by atoms with E-state index >= 15 is 0 Å². The molecule has 3 N–H and O–H groups in total. The summed E-state index contributed by atoms with van der Waals surface area (Å²) in [4.78, 5) is 38.5. The van der Waals surface area contributed by atoms with Crippen LogP contribution in [-0.4, -0.2) is 50.3 Å². The van der Waals surface area contributed by atoms with Crippen LogP contribution in [-0.2, 0) is 19.1 Å². The standard InChI is InChI=1S/C24H30BrNO7/c1-2-13-10-16-21(23(31)26(22(16)30)9-5-3-4-6-20(28)29)17-12-19(33-24(13,17)32)15-11-14(25)7-8-18(15)27/h7-8,11,13,16-17,19,21,27,32H,2-6,9-10,12H2,1H3,(H,28,29)/t13-,16-,17-,19-,21-,24+/m0/s1. The van der Waals surface area contributed by atoms with Crippen LogP contribution in [0.5, 0.6) is 5.75 Å². The van der Waals surface area contributed by atoms with Gasteiger partial charge in [-0.3, -0.25) is 19.3 Å². The molecule has 0 radical (unpaired) electrons. The molecule has 8 nitrogen and oxygen atoms in total. The lowest BCUT2D eigenvalue weighted by molar-refractivity contribution is -0.269. The molecule has 1 saturated carbocycles. The molecule has 2 aliphatic heterocycles.